The fourth-order valence-corrected chi connectivity index (χ4v) is 9.01. The number of rotatable bonds is 4. The summed E-state index contributed by atoms with van der Waals surface area (Å²) in [7, 11) is 0. The molecule has 0 N–H and O–H groups in total. The van der Waals surface area contributed by atoms with Crippen molar-refractivity contribution in [2.45, 2.75) is 18.3 Å². The van der Waals surface area contributed by atoms with Gasteiger partial charge in [-0.05, 0) is 82.1 Å². The molecule has 0 radical (unpaired) electrons. The summed E-state index contributed by atoms with van der Waals surface area (Å²) in [5.74, 6) is 1.62. The minimum absolute atomic E-state index is 0.513. The number of hydrogen-bond acceptors (Lipinski definition) is 3. The number of hydrogen-bond donors (Lipinski definition) is 0. The first-order valence-electron chi connectivity index (χ1n) is 18.1. The Morgan fingerprint density at radius 2 is 1.23 bits per heavy atom. The molecule has 2 aliphatic carbocycles. The average Bonchev–Trinajstić information content (AvgIpc) is 3.75. The molecule has 3 nitrogen and oxygen atoms in total. The number of furan rings is 1. The smallest absolute Gasteiger partial charge is 0.163 e. The van der Waals surface area contributed by atoms with Crippen molar-refractivity contribution in [3.05, 3.63) is 204 Å². The van der Waals surface area contributed by atoms with Gasteiger partial charge in [0.1, 0.15) is 11.3 Å². The maximum atomic E-state index is 7.03. The Morgan fingerprint density at radius 3 is 1.98 bits per heavy atom. The molecule has 52 heavy (non-hydrogen) atoms. The molecule has 0 amide bonds. The van der Waals surface area contributed by atoms with Crippen LogP contribution in [0.4, 0.5) is 11.4 Å². The molecule has 0 saturated heterocycles. The van der Waals surface area contributed by atoms with Crippen molar-refractivity contribution in [1.29, 1.82) is 0 Å². The highest BCUT2D eigenvalue weighted by molar-refractivity contribution is 6.14. The van der Waals surface area contributed by atoms with Crippen LogP contribution in [0.3, 0.4) is 0 Å². The van der Waals surface area contributed by atoms with Gasteiger partial charge in [0.2, 0.25) is 0 Å². The zero-order chi connectivity index (χ0) is 34.2. The van der Waals surface area contributed by atoms with Crippen molar-refractivity contribution in [1.82, 2.24) is 0 Å². The first kappa shape index (κ1) is 29.2. The highest BCUT2D eigenvalue weighted by Crippen LogP contribution is 2.59. The highest BCUT2D eigenvalue weighted by Gasteiger charge is 2.46. The molecule has 1 aromatic heterocycles. The largest absolute Gasteiger partial charge is 0.453 e. The van der Waals surface area contributed by atoms with E-state index in [-0.39, 0.29) is 0 Å². The van der Waals surface area contributed by atoms with E-state index in [9.17, 15) is 0 Å². The molecule has 11 rings (SSSR count). The quantitative estimate of drug-likeness (QED) is 0.187. The second kappa shape index (κ2) is 11.2. The lowest BCUT2D eigenvalue weighted by Gasteiger charge is -2.37. The van der Waals surface area contributed by atoms with Gasteiger partial charge in [0.15, 0.2) is 17.1 Å². The third kappa shape index (κ3) is 4.02. The van der Waals surface area contributed by atoms with Gasteiger partial charge in [0.05, 0.1) is 11.1 Å². The van der Waals surface area contributed by atoms with Crippen molar-refractivity contribution in [3.63, 3.8) is 0 Å². The minimum Gasteiger partial charge on any atom is -0.453 e. The van der Waals surface area contributed by atoms with Crippen molar-refractivity contribution in [2.75, 3.05) is 4.90 Å². The summed E-state index contributed by atoms with van der Waals surface area (Å²) >= 11 is 0. The molecule has 2 heterocycles. The number of anilines is 2. The summed E-state index contributed by atoms with van der Waals surface area (Å²) in [5.41, 5.74) is 14.1. The van der Waals surface area contributed by atoms with Crippen LogP contribution in [-0.2, 0) is 5.41 Å². The Morgan fingerprint density at radius 1 is 0.538 bits per heavy atom. The van der Waals surface area contributed by atoms with Gasteiger partial charge in [-0.1, -0.05) is 146 Å². The topological polar surface area (TPSA) is 25.6 Å². The molecule has 0 atom stereocenters. The van der Waals surface area contributed by atoms with Crippen molar-refractivity contribution < 1.29 is 9.15 Å². The molecular formula is C49H33NO2. The Kier molecular flexibility index (Phi) is 6.29. The predicted octanol–water partition coefficient (Wildman–Crippen LogP) is 13.1. The van der Waals surface area contributed by atoms with E-state index in [4.69, 9.17) is 9.15 Å². The zero-order valence-electron chi connectivity index (χ0n) is 28.4. The first-order chi connectivity index (χ1) is 25.8. The third-order valence-corrected chi connectivity index (χ3v) is 11.2. The van der Waals surface area contributed by atoms with Crippen LogP contribution in [0.2, 0.25) is 0 Å². The summed E-state index contributed by atoms with van der Waals surface area (Å²) in [5, 5.41) is 2.18. The van der Waals surface area contributed by atoms with Crippen LogP contribution in [0.25, 0.3) is 44.2 Å². The molecule has 0 fully saturated rings. The van der Waals surface area contributed by atoms with E-state index in [2.05, 4.69) is 181 Å². The second-order valence-electron chi connectivity index (χ2n) is 13.9. The highest BCUT2D eigenvalue weighted by atomic mass is 16.5. The molecule has 246 valence electrons. The number of nitrogens with zero attached hydrogens (tertiary/aromatic N) is 1. The van der Waals surface area contributed by atoms with Crippen LogP contribution in [0.15, 0.2) is 186 Å². The molecule has 8 aromatic rings. The molecule has 0 spiro atoms. The first-order valence-corrected chi connectivity index (χ1v) is 18.1. The lowest BCUT2D eigenvalue weighted by molar-refractivity contribution is 0.473. The van der Waals surface area contributed by atoms with E-state index in [1.807, 2.05) is 0 Å². The molecular weight excluding hydrogens is 635 g/mol. The van der Waals surface area contributed by atoms with E-state index >= 15 is 0 Å². The molecule has 3 heteroatoms. The molecule has 0 unspecified atom stereocenters. The van der Waals surface area contributed by atoms with Gasteiger partial charge in [-0.15, -0.1) is 0 Å². The van der Waals surface area contributed by atoms with Gasteiger partial charge in [-0.25, -0.2) is 0 Å². The summed E-state index contributed by atoms with van der Waals surface area (Å²) in [6.45, 7) is 0. The van der Waals surface area contributed by atoms with Crippen molar-refractivity contribution >= 4 is 33.3 Å². The summed E-state index contributed by atoms with van der Waals surface area (Å²) in [4.78, 5) is 2.39. The molecule has 1 aliphatic heterocycles. The molecule has 0 bridgehead atoms. The second-order valence-corrected chi connectivity index (χ2v) is 13.9. The fraction of sp³-hybridized carbons (Fsp3) is 0.0612. The van der Waals surface area contributed by atoms with E-state index in [0.717, 1.165) is 68.8 Å². The lowest BCUT2D eigenvalue weighted by atomic mass is 9.67. The van der Waals surface area contributed by atoms with Crippen LogP contribution >= 0.6 is 0 Å². The van der Waals surface area contributed by atoms with E-state index in [0.29, 0.717) is 0 Å². The summed E-state index contributed by atoms with van der Waals surface area (Å²) in [6.07, 6.45) is 8.54. The standard InChI is InChI=1S/C49H33NO2/c1-4-15-32(16-5-1)36-23-14-24-39-40-28-30-44-46(48(40)52-47(36)39)50(35-19-8-3-9-20-35)43-29-27-34(31-45(43)51-44)49(33-17-6-2-7-18-33)41-25-12-10-21-37(41)38-22-11-13-26-42(38)49/h1-8,10-19,21-31H,9,20H2. The lowest BCUT2D eigenvalue weighted by Crippen LogP contribution is -2.29. The predicted molar refractivity (Wildman–Crippen MR) is 212 cm³/mol. The van der Waals surface area contributed by atoms with E-state index in [1.165, 1.54) is 39.1 Å². The fourth-order valence-electron chi connectivity index (χ4n) is 9.01. The van der Waals surface area contributed by atoms with Gasteiger partial charge >= 0.3 is 0 Å². The zero-order valence-corrected chi connectivity index (χ0v) is 28.4. The number of benzene rings is 7. The van der Waals surface area contributed by atoms with Gasteiger partial charge in [0, 0.05) is 22.0 Å². The molecule has 7 aromatic carbocycles. The average molecular weight is 668 g/mol. The van der Waals surface area contributed by atoms with Crippen LogP contribution in [0.5, 0.6) is 11.5 Å². The van der Waals surface area contributed by atoms with Crippen LogP contribution in [-0.4, -0.2) is 0 Å². The van der Waals surface area contributed by atoms with Gasteiger partial charge in [-0.3, -0.25) is 0 Å². The Balaban J connectivity index is 1.16. The van der Waals surface area contributed by atoms with Crippen LogP contribution in [0, 0.1) is 0 Å². The van der Waals surface area contributed by atoms with E-state index < -0.39 is 5.41 Å². The Hall–Kier alpha value is -6.58. The molecule has 0 saturated carbocycles. The SMILES string of the molecule is C1=CCCC(N2c3ccc(C4(c5ccccc5)c5ccccc5-c5ccccc54)cc3Oc3ccc4c(oc5c(-c6ccccc6)cccc54)c32)=C1. The van der Waals surface area contributed by atoms with Crippen LogP contribution in [0.1, 0.15) is 35.1 Å². The van der Waals surface area contributed by atoms with Crippen LogP contribution < -0.4 is 9.64 Å². The molecule has 3 aliphatic rings. The van der Waals surface area contributed by atoms with Crippen molar-refractivity contribution in [3.8, 4) is 33.8 Å². The number of para-hydroxylation sites is 1. The Bertz CT molecular complexity index is 2730. The third-order valence-electron chi connectivity index (χ3n) is 11.2. The number of ether oxygens (including phenoxy) is 1. The van der Waals surface area contributed by atoms with E-state index in [1.54, 1.807) is 0 Å². The monoisotopic (exact) mass is 667 g/mol. The van der Waals surface area contributed by atoms with Gasteiger partial charge in [-0.2, -0.15) is 0 Å². The van der Waals surface area contributed by atoms with Crippen molar-refractivity contribution in [2.24, 2.45) is 0 Å². The van der Waals surface area contributed by atoms with Gasteiger partial charge in [0.25, 0.3) is 0 Å². The normalized spacial score (nSPS) is 15.1. The summed E-state index contributed by atoms with van der Waals surface area (Å²) < 4.78 is 14.0. The minimum atomic E-state index is -0.513. The maximum absolute atomic E-state index is 7.03. The number of fused-ring (bicyclic) bond motifs is 9. The summed E-state index contributed by atoms with van der Waals surface area (Å²) in [6, 6.07) is 56.7. The number of allylic oxidation sites excluding steroid dienone is 4. The maximum Gasteiger partial charge on any atom is 0.163 e. The Labute approximate surface area is 302 Å². The van der Waals surface area contributed by atoms with Gasteiger partial charge < -0.3 is 14.1 Å².